The monoisotopic (exact) mass is 186 g/mol. The number of hydrogen-bond acceptors (Lipinski definition) is 1. The van der Waals surface area contributed by atoms with Crippen LogP contribution >= 0.6 is 0 Å². The zero-order valence-electron chi connectivity index (χ0n) is 7.21. The Kier molecular flexibility index (Phi) is 3.64. The fourth-order valence-corrected chi connectivity index (χ4v) is 1.00. The lowest BCUT2D eigenvalue weighted by Gasteiger charge is -2.12. The summed E-state index contributed by atoms with van der Waals surface area (Å²) in [6.45, 7) is -2.26. The topological polar surface area (TPSA) is 23.3 Å². The van der Waals surface area contributed by atoms with E-state index < -0.39 is 6.61 Å². The smallest absolute Gasteiger partial charge is 0.387 e. The molecule has 0 saturated carbocycles. The Balaban J connectivity index is 2.67. The van der Waals surface area contributed by atoms with E-state index in [0.29, 0.717) is 6.54 Å². The standard InChI is InChI=1S/C9H10F2NO/c1-12-6-7-3-2-4-8(5-7)13-9(10)11/h2-5,9H,6H2,1H3/q-1. The number of alkyl halides is 2. The molecule has 0 amide bonds. The Hall–Kier alpha value is -1.16. The number of benzene rings is 1. The molecule has 1 rings (SSSR count). The minimum atomic E-state index is -2.77. The van der Waals surface area contributed by atoms with E-state index in [9.17, 15) is 8.78 Å². The molecule has 0 bridgehead atoms. The van der Waals surface area contributed by atoms with Gasteiger partial charge >= 0.3 is 6.61 Å². The zero-order chi connectivity index (χ0) is 9.68. The van der Waals surface area contributed by atoms with Crippen LogP contribution in [-0.2, 0) is 6.54 Å². The molecule has 1 aromatic rings. The molecule has 0 saturated heterocycles. The molecule has 0 unspecified atom stereocenters. The first-order valence-electron chi connectivity index (χ1n) is 3.81. The largest absolute Gasteiger partial charge is 0.661 e. The van der Waals surface area contributed by atoms with Crippen molar-refractivity contribution in [2.45, 2.75) is 13.2 Å². The molecular formula is C9H10F2NO-. The highest BCUT2D eigenvalue weighted by atomic mass is 19.3. The first kappa shape index (κ1) is 9.92. The van der Waals surface area contributed by atoms with Gasteiger partial charge in [0.1, 0.15) is 5.75 Å². The van der Waals surface area contributed by atoms with Crippen molar-refractivity contribution in [3.63, 3.8) is 0 Å². The second kappa shape index (κ2) is 4.77. The van der Waals surface area contributed by atoms with E-state index in [4.69, 9.17) is 0 Å². The summed E-state index contributed by atoms with van der Waals surface area (Å²) in [6.07, 6.45) is 0. The summed E-state index contributed by atoms with van der Waals surface area (Å²) in [7, 11) is 1.67. The van der Waals surface area contributed by atoms with Gasteiger partial charge in [-0.2, -0.15) is 15.8 Å². The lowest BCUT2D eigenvalue weighted by molar-refractivity contribution is -0.0498. The van der Waals surface area contributed by atoms with Crippen molar-refractivity contribution in [3.05, 3.63) is 35.1 Å². The Morgan fingerprint density at radius 1 is 1.46 bits per heavy atom. The number of hydrogen-bond donors (Lipinski definition) is 0. The van der Waals surface area contributed by atoms with Crippen LogP contribution in [0, 0.1) is 0 Å². The van der Waals surface area contributed by atoms with E-state index in [1.54, 1.807) is 19.2 Å². The maximum absolute atomic E-state index is 11.8. The van der Waals surface area contributed by atoms with Crippen molar-refractivity contribution in [3.8, 4) is 5.75 Å². The fraction of sp³-hybridized carbons (Fsp3) is 0.333. The minimum Gasteiger partial charge on any atom is -0.661 e. The summed E-state index contributed by atoms with van der Waals surface area (Å²) in [5.41, 5.74) is 0.862. The van der Waals surface area contributed by atoms with Gasteiger partial charge in [0.05, 0.1) is 0 Å². The van der Waals surface area contributed by atoms with Crippen LogP contribution in [0.25, 0.3) is 5.32 Å². The SMILES string of the molecule is C[N-]Cc1cccc(OC(F)F)c1. The van der Waals surface area contributed by atoms with Crippen LogP contribution in [0.1, 0.15) is 5.56 Å². The van der Waals surface area contributed by atoms with Gasteiger partial charge in [-0.05, 0) is 12.1 Å². The van der Waals surface area contributed by atoms with E-state index in [1.807, 2.05) is 6.07 Å². The first-order valence-corrected chi connectivity index (χ1v) is 3.81. The van der Waals surface area contributed by atoms with Gasteiger partial charge in [0.2, 0.25) is 0 Å². The van der Waals surface area contributed by atoms with Crippen LogP contribution in [0.4, 0.5) is 8.78 Å². The van der Waals surface area contributed by atoms with Gasteiger partial charge in [-0.1, -0.05) is 17.7 Å². The summed E-state index contributed by atoms with van der Waals surface area (Å²) in [5, 5.41) is 3.88. The average Bonchev–Trinajstić information content (AvgIpc) is 2.04. The van der Waals surface area contributed by atoms with Gasteiger partial charge in [-0.15, -0.1) is 6.54 Å². The number of nitrogens with zero attached hydrogens (tertiary/aromatic N) is 1. The highest BCUT2D eigenvalue weighted by Crippen LogP contribution is 2.16. The summed E-state index contributed by atoms with van der Waals surface area (Å²) >= 11 is 0. The molecule has 0 heterocycles. The van der Waals surface area contributed by atoms with Crippen molar-refractivity contribution in [2.75, 3.05) is 7.05 Å². The third-order valence-electron chi connectivity index (χ3n) is 1.46. The molecular weight excluding hydrogens is 176 g/mol. The predicted molar refractivity (Wildman–Crippen MR) is 46.1 cm³/mol. The third kappa shape index (κ3) is 3.38. The quantitative estimate of drug-likeness (QED) is 0.709. The number of rotatable bonds is 4. The van der Waals surface area contributed by atoms with Crippen molar-refractivity contribution in [1.29, 1.82) is 0 Å². The van der Waals surface area contributed by atoms with E-state index in [-0.39, 0.29) is 5.75 Å². The van der Waals surface area contributed by atoms with Crippen LogP contribution in [0.3, 0.4) is 0 Å². The van der Waals surface area contributed by atoms with Gasteiger partial charge in [-0.25, -0.2) is 0 Å². The fourth-order valence-electron chi connectivity index (χ4n) is 1.00. The summed E-state index contributed by atoms with van der Waals surface area (Å²) in [5.74, 6) is 0.177. The molecule has 4 heteroatoms. The normalized spacial score (nSPS) is 10.5. The summed E-state index contributed by atoms with van der Waals surface area (Å²) < 4.78 is 27.8. The first-order chi connectivity index (χ1) is 6.22. The second-order valence-electron chi connectivity index (χ2n) is 2.50. The Bertz CT molecular complexity index is 266. The van der Waals surface area contributed by atoms with Crippen molar-refractivity contribution in [2.24, 2.45) is 0 Å². The van der Waals surface area contributed by atoms with Gasteiger partial charge in [-0.3, -0.25) is 0 Å². The molecule has 0 atom stereocenters. The van der Waals surface area contributed by atoms with Crippen LogP contribution in [0.5, 0.6) is 5.75 Å². The predicted octanol–water partition coefficient (Wildman–Crippen LogP) is 2.79. The van der Waals surface area contributed by atoms with Crippen LogP contribution in [0.2, 0.25) is 0 Å². The van der Waals surface area contributed by atoms with Gasteiger partial charge in [0.15, 0.2) is 0 Å². The van der Waals surface area contributed by atoms with Gasteiger partial charge < -0.3 is 10.1 Å². The van der Waals surface area contributed by atoms with Crippen LogP contribution < -0.4 is 4.74 Å². The molecule has 0 aliphatic carbocycles. The highest BCUT2D eigenvalue weighted by Gasteiger charge is 2.02. The van der Waals surface area contributed by atoms with Crippen molar-refractivity contribution >= 4 is 0 Å². The zero-order valence-corrected chi connectivity index (χ0v) is 7.21. The highest BCUT2D eigenvalue weighted by molar-refractivity contribution is 5.29. The second-order valence-corrected chi connectivity index (χ2v) is 2.50. The molecule has 0 aromatic heterocycles. The Morgan fingerprint density at radius 3 is 2.85 bits per heavy atom. The summed E-state index contributed by atoms with van der Waals surface area (Å²) in [4.78, 5) is 0. The molecule has 1 aromatic carbocycles. The summed E-state index contributed by atoms with van der Waals surface area (Å²) in [6, 6.07) is 6.52. The van der Waals surface area contributed by atoms with Crippen LogP contribution in [-0.4, -0.2) is 13.7 Å². The molecule has 0 aliphatic rings. The number of halogens is 2. The van der Waals surface area contributed by atoms with Gasteiger partial charge in [0, 0.05) is 0 Å². The molecule has 0 N–H and O–H groups in total. The molecule has 0 radical (unpaired) electrons. The van der Waals surface area contributed by atoms with Crippen molar-refractivity contribution in [1.82, 2.24) is 0 Å². The van der Waals surface area contributed by atoms with E-state index in [2.05, 4.69) is 10.1 Å². The lowest BCUT2D eigenvalue weighted by Crippen LogP contribution is -2.01. The molecule has 0 aliphatic heterocycles. The Morgan fingerprint density at radius 2 is 2.23 bits per heavy atom. The molecule has 0 spiro atoms. The molecule has 0 fully saturated rings. The van der Waals surface area contributed by atoms with E-state index in [0.717, 1.165) is 5.56 Å². The van der Waals surface area contributed by atoms with Gasteiger partial charge in [0.25, 0.3) is 0 Å². The maximum atomic E-state index is 11.8. The number of ether oxygens (including phenoxy) is 1. The average molecular weight is 186 g/mol. The minimum absolute atomic E-state index is 0.177. The molecule has 13 heavy (non-hydrogen) atoms. The third-order valence-corrected chi connectivity index (χ3v) is 1.46. The maximum Gasteiger partial charge on any atom is 0.387 e. The van der Waals surface area contributed by atoms with Crippen LogP contribution in [0.15, 0.2) is 24.3 Å². The van der Waals surface area contributed by atoms with E-state index in [1.165, 1.54) is 6.07 Å². The molecule has 2 nitrogen and oxygen atoms in total. The Labute approximate surface area is 75.5 Å². The van der Waals surface area contributed by atoms with E-state index >= 15 is 0 Å². The molecule has 72 valence electrons. The lowest BCUT2D eigenvalue weighted by atomic mass is 10.2. The van der Waals surface area contributed by atoms with Crippen molar-refractivity contribution < 1.29 is 13.5 Å².